The number of fused-ring (bicyclic) bond motifs is 2. The lowest BCUT2D eigenvalue weighted by Crippen LogP contribution is -2.49. The van der Waals surface area contributed by atoms with E-state index in [-0.39, 0.29) is 62.4 Å². The van der Waals surface area contributed by atoms with Crippen LogP contribution in [-0.2, 0) is 65.2 Å². The van der Waals surface area contributed by atoms with Gasteiger partial charge in [0.15, 0.2) is 0 Å². The van der Waals surface area contributed by atoms with E-state index in [0.29, 0.717) is 32.9 Å². The van der Waals surface area contributed by atoms with Crippen LogP contribution in [0.4, 0.5) is 19.2 Å². The van der Waals surface area contributed by atoms with Crippen molar-refractivity contribution in [3.63, 3.8) is 0 Å². The number of ether oxygens (including phenoxy) is 8. The third-order valence-electron chi connectivity index (χ3n) is 10.2. The molecule has 2 heterocycles. The molecule has 1 atom stereocenters. The van der Waals surface area contributed by atoms with Gasteiger partial charge in [0.05, 0.1) is 55.4 Å². The van der Waals surface area contributed by atoms with Crippen LogP contribution in [0.5, 0.6) is 11.5 Å². The van der Waals surface area contributed by atoms with Gasteiger partial charge in [-0.15, -0.1) is 0 Å². The van der Waals surface area contributed by atoms with Crippen LogP contribution >= 0.6 is 0 Å². The largest absolute Gasteiger partial charge is 0.514 e. The van der Waals surface area contributed by atoms with Gasteiger partial charge in [0.2, 0.25) is 11.8 Å². The van der Waals surface area contributed by atoms with Crippen molar-refractivity contribution in [1.29, 1.82) is 0 Å². The Morgan fingerprint density at radius 1 is 0.566 bits per heavy atom. The van der Waals surface area contributed by atoms with Crippen LogP contribution in [0.2, 0.25) is 0 Å². The Morgan fingerprint density at radius 3 is 1.50 bits per heavy atom. The van der Waals surface area contributed by atoms with Gasteiger partial charge in [0.25, 0.3) is 10.1 Å². The molecule has 2 N–H and O–H groups in total. The molecule has 5 aromatic rings. The third kappa shape index (κ3) is 18.7. The predicted molar refractivity (Wildman–Crippen MR) is 279 cm³/mol. The van der Waals surface area contributed by atoms with Crippen molar-refractivity contribution >= 4 is 68.2 Å². The van der Waals surface area contributed by atoms with Gasteiger partial charge in [-0.05, 0) is 150 Å². The van der Waals surface area contributed by atoms with E-state index in [4.69, 9.17) is 42.1 Å². The van der Waals surface area contributed by atoms with Gasteiger partial charge in [-0.25, -0.2) is 19.2 Å². The van der Waals surface area contributed by atoms with Gasteiger partial charge in [0.1, 0.15) is 39.9 Å². The lowest BCUT2D eigenvalue weighted by Gasteiger charge is -2.20. The summed E-state index contributed by atoms with van der Waals surface area (Å²) >= 11 is 0. The summed E-state index contributed by atoms with van der Waals surface area (Å²) in [7, 11) is -3.96. The number of carbonyl (C=O) groups excluding carboxylic acids is 6. The number of benzene rings is 3. The maximum atomic E-state index is 14.3. The number of hydrogen-bond donors (Lipinski definition) is 2. The van der Waals surface area contributed by atoms with Crippen molar-refractivity contribution in [2.24, 2.45) is 0 Å². The number of nitrogens with one attached hydrogen (secondary N) is 2. The lowest BCUT2D eigenvalue weighted by molar-refractivity contribution is -0.128. The second-order valence-corrected chi connectivity index (χ2v) is 23.2. The van der Waals surface area contributed by atoms with Gasteiger partial charge >= 0.3 is 24.5 Å². The number of nitrogens with zero attached hydrogens (tertiary/aromatic N) is 2. The molecule has 5 rings (SSSR count). The zero-order chi connectivity index (χ0) is 56.4. The normalized spacial score (nSPS) is 12.7. The molecule has 414 valence electrons. The SMILES string of the molecule is Cc1ccc(S(=O)(=O)OCCOCCOCCNC(=O)C(Cc2cn(C(=O)OC(C)(C)C)c3ccc(OC(=O)OC(C)(C)C)cc23)NC(=O)Cc2cn(C(=O)OC(C)(C)C)c3ccc(OC(=O)OC(C)(C)C)cc23)cc1. The predicted octanol–water partition coefficient (Wildman–Crippen LogP) is 8.92. The second-order valence-electron chi connectivity index (χ2n) is 21.6. The van der Waals surface area contributed by atoms with Crippen LogP contribution in [0.3, 0.4) is 0 Å². The fourth-order valence-electron chi connectivity index (χ4n) is 7.16. The van der Waals surface area contributed by atoms with Crippen LogP contribution in [0.25, 0.3) is 21.8 Å². The molecule has 2 amide bonds. The van der Waals surface area contributed by atoms with E-state index >= 15 is 0 Å². The first kappa shape index (κ1) is 59.9. The topological polar surface area (TPSA) is 254 Å². The van der Waals surface area contributed by atoms with Gasteiger partial charge in [-0.3, -0.25) is 22.9 Å². The molecule has 76 heavy (non-hydrogen) atoms. The van der Waals surface area contributed by atoms with E-state index in [1.54, 1.807) is 101 Å². The summed E-state index contributed by atoms with van der Waals surface area (Å²) in [6.45, 7) is 22.0. The smallest absolute Gasteiger partial charge is 0.443 e. The molecule has 0 aliphatic heterocycles. The summed E-state index contributed by atoms with van der Waals surface area (Å²) in [4.78, 5) is 81.2. The van der Waals surface area contributed by atoms with Gasteiger partial charge in [-0.1, -0.05) is 17.7 Å². The minimum Gasteiger partial charge on any atom is -0.443 e. The van der Waals surface area contributed by atoms with Crippen molar-refractivity contribution in [2.75, 3.05) is 39.6 Å². The third-order valence-corrected chi connectivity index (χ3v) is 11.5. The quantitative estimate of drug-likeness (QED) is 0.0257. The molecule has 3 aromatic carbocycles. The molecule has 1 unspecified atom stereocenters. The Kier molecular flexibility index (Phi) is 19.5. The minimum absolute atomic E-state index is 0.00918. The molecule has 0 aliphatic carbocycles. The van der Waals surface area contributed by atoms with Crippen LogP contribution in [-0.4, -0.2) is 122 Å². The summed E-state index contributed by atoms with van der Waals surface area (Å²) < 4.78 is 76.6. The first-order valence-electron chi connectivity index (χ1n) is 24.5. The Labute approximate surface area is 442 Å². The van der Waals surface area contributed by atoms with E-state index in [2.05, 4.69) is 10.6 Å². The van der Waals surface area contributed by atoms with Crippen molar-refractivity contribution in [2.45, 2.75) is 136 Å². The highest BCUT2D eigenvalue weighted by Crippen LogP contribution is 2.31. The molecule has 2 aromatic heterocycles. The first-order valence-corrected chi connectivity index (χ1v) is 25.9. The summed E-state index contributed by atoms with van der Waals surface area (Å²) in [5.41, 5.74) is -1.27. The van der Waals surface area contributed by atoms with E-state index in [9.17, 15) is 37.2 Å². The zero-order valence-electron chi connectivity index (χ0n) is 45.4. The Bertz CT molecular complexity index is 3000. The molecule has 0 radical (unpaired) electrons. The average molecular weight is 1080 g/mol. The highest BCUT2D eigenvalue weighted by atomic mass is 32.2. The van der Waals surface area contributed by atoms with Gasteiger partial charge in [0, 0.05) is 36.1 Å². The van der Waals surface area contributed by atoms with Gasteiger partial charge in [-0.2, -0.15) is 8.42 Å². The van der Waals surface area contributed by atoms with Crippen molar-refractivity contribution in [1.82, 2.24) is 19.8 Å². The molecule has 0 spiro atoms. The standard InChI is InChI=1S/C54H70N4O17S/c1-34-14-18-39(19-15-34)76(65,66)69-27-26-68-25-24-67-23-22-55-46(60)42(28-35-32-57(47(61)72-51(2,3)4)43-20-16-37(30-40(35)43)70-49(63)74-53(8,9)10)56-45(59)29-36-33-58(48(62)73-52(5,6)7)44-21-17-38(31-41(36)44)71-50(64)75-54(11,12)13/h14-21,30-33,42H,22-29H2,1-13H3,(H,55,60)(H,56,59). The Morgan fingerprint density at radius 2 is 1.01 bits per heavy atom. The molecule has 21 nitrogen and oxygen atoms in total. The summed E-state index contributed by atoms with van der Waals surface area (Å²) in [5, 5.41) is 6.32. The highest BCUT2D eigenvalue weighted by molar-refractivity contribution is 7.86. The monoisotopic (exact) mass is 1080 g/mol. The second kappa shape index (κ2) is 24.8. The van der Waals surface area contributed by atoms with Crippen LogP contribution in [0.15, 0.2) is 78.0 Å². The fraction of sp³-hybridized carbons (Fsp3) is 0.481. The lowest BCUT2D eigenvalue weighted by atomic mass is 10.0. The van der Waals surface area contributed by atoms with Crippen molar-refractivity contribution < 1.29 is 79.3 Å². The molecular weight excluding hydrogens is 1010 g/mol. The number of carbonyl (C=O) groups is 6. The number of rotatable bonds is 19. The maximum absolute atomic E-state index is 14.3. The molecule has 22 heteroatoms. The number of aryl methyl sites for hydroxylation is 1. The molecule has 0 saturated carbocycles. The van der Waals surface area contributed by atoms with Crippen LogP contribution < -0.4 is 20.1 Å². The van der Waals surface area contributed by atoms with Crippen molar-refractivity contribution in [3.8, 4) is 11.5 Å². The van der Waals surface area contributed by atoms with Crippen molar-refractivity contribution in [3.05, 3.63) is 89.7 Å². The van der Waals surface area contributed by atoms with E-state index in [1.807, 2.05) is 6.92 Å². The molecule has 0 fully saturated rings. The number of hydrogen-bond acceptors (Lipinski definition) is 17. The molecule has 0 saturated heterocycles. The molecular formula is C54H70N4O17S. The number of aromatic nitrogens is 2. The first-order chi connectivity index (χ1) is 35.3. The van der Waals surface area contributed by atoms with E-state index in [0.717, 1.165) is 5.56 Å². The zero-order valence-corrected chi connectivity index (χ0v) is 46.2. The summed E-state index contributed by atoms with van der Waals surface area (Å²) in [6.07, 6.45) is -1.17. The Hall–Kier alpha value is -7.01. The summed E-state index contributed by atoms with van der Waals surface area (Å²) in [6, 6.07) is 13.9. The molecule has 0 aliphatic rings. The Balaban J connectivity index is 1.39. The van der Waals surface area contributed by atoms with Crippen LogP contribution in [0.1, 0.15) is 99.8 Å². The van der Waals surface area contributed by atoms with E-state index < -0.39 is 81.3 Å². The average Bonchev–Trinajstić information content (AvgIpc) is 3.81. The number of amides is 2. The van der Waals surface area contributed by atoms with Crippen LogP contribution in [0, 0.1) is 6.92 Å². The minimum atomic E-state index is -3.96. The van der Waals surface area contributed by atoms with Gasteiger partial charge < -0.3 is 48.5 Å². The summed E-state index contributed by atoms with van der Waals surface area (Å²) in [5.74, 6) is -1.20. The van der Waals surface area contributed by atoms with E-state index in [1.165, 1.54) is 64.0 Å². The fourth-order valence-corrected chi connectivity index (χ4v) is 8.05. The molecule has 0 bridgehead atoms. The highest BCUT2D eigenvalue weighted by Gasteiger charge is 2.29. The maximum Gasteiger partial charge on any atom is 0.514 e.